The lowest BCUT2D eigenvalue weighted by atomic mass is 9.95. The topological polar surface area (TPSA) is 77.0 Å². The van der Waals surface area contributed by atoms with Gasteiger partial charge in [0.05, 0.1) is 11.6 Å². The molecular weight excluding hydrogens is 267 g/mol. The molecule has 0 aliphatic heterocycles. The van der Waals surface area contributed by atoms with Crippen molar-refractivity contribution in [2.24, 2.45) is 5.84 Å². The number of hydrogen-bond acceptors (Lipinski definition) is 4. The van der Waals surface area contributed by atoms with Crippen LogP contribution in [0.4, 0.5) is 10.1 Å². The van der Waals surface area contributed by atoms with E-state index in [1.165, 1.54) is 18.2 Å². The summed E-state index contributed by atoms with van der Waals surface area (Å²) in [5.74, 6) is 5.34. The number of nitrogens with zero attached hydrogens (tertiary/aromatic N) is 1. The summed E-state index contributed by atoms with van der Waals surface area (Å²) < 4.78 is 13.5. The van der Waals surface area contributed by atoms with Gasteiger partial charge < -0.3 is 5.73 Å². The number of halogens is 1. The standard InChI is InChI=1S/C16H15FN4/c17-11-6-7-14(18)13(9-11)16(21-19)12-5-1-3-10-4-2-8-20-15(10)12/h1-9,16,21H,18-19H2. The molecule has 3 aromatic rings. The van der Waals surface area contributed by atoms with E-state index in [0.29, 0.717) is 11.3 Å². The number of nitrogens with one attached hydrogen (secondary N) is 1. The Labute approximate surface area is 121 Å². The minimum atomic E-state index is -0.431. The summed E-state index contributed by atoms with van der Waals surface area (Å²) in [5.41, 5.74) is 11.4. The van der Waals surface area contributed by atoms with E-state index in [9.17, 15) is 4.39 Å². The zero-order chi connectivity index (χ0) is 14.8. The first-order valence-electron chi connectivity index (χ1n) is 6.55. The summed E-state index contributed by atoms with van der Waals surface area (Å²) >= 11 is 0. The molecule has 3 rings (SSSR count). The van der Waals surface area contributed by atoms with E-state index in [4.69, 9.17) is 11.6 Å². The number of anilines is 1. The number of fused-ring (bicyclic) bond motifs is 1. The van der Waals surface area contributed by atoms with E-state index in [2.05, 4.69) is 10.4 Å². The molecule has 0 fully saturated rings. The molecule has 5 N–H and O–H groups in total. The number of benzene rings is 2. The van der Waals surface area contributed by atoms with Gasteiger partial charge in [-0.3, -0.25) is 10.8 Å². The summed E-state index contributed by atoms with van der Waals surface area (Å²) in [4.78, 5) is 4.40. The Morgan fingerprint density at radius 3 is 2.67 bits per heavy atom. The van der Waals surface area contributed by atoms with Gasteiger partial charge in [-0.25, -0.2) is 9.82 Å². The SMILES string of the molecule is NNC(c1cc(F)ccc1N)c1cccc2cccnc12. The highest BCUT2D eigenvalue weighted by Gasteiger charge is 2.18. The average Bonchev–Trinajstić information content (AvgIpc) is 2.51. The molecular formula is C16H15FN4. The molecule has 0 spiro atoms. The Kier molecular flexibility index (Phi) is 3.51. The number of aromatic nitrogens is 1. The zero-order valence-electron chi connectivity index (χ0n) is 11.3. The summed E-state index contributed by atoms with van der Waals surface area (Å²) in [6, 6.07) is 13.4. The lowest BCUT2D eigenvalue weighted by Gasteiger charge is -2.20. The Balaban J connectivity index is 2.21. The molecule has 4 nitrogen and oxygen atoms in total. The van der Waals surface area contributed by atoms with Crippen LogP contribution in [0.2, 0.25) is 0 Å². The largest absolute Gasteiger partial charge is 0.398 e. The molecule has 2 aromatic carbocycles. The predicted molar refractivity (Wildman–Crippen MR) is 81.7 cm³/mol. The van der Waals surface area contributed by atoms with Gasteiger partial charge in [-0.15, -0.1) is 0 Å². The van der Waals surface area contributed by atoms with Gasteiger partial charge in [0.15, 0.2) is 0 Å². The minimum absolute atomic E-state index is 0.354. The van der Waals surface area contributed by atoms with E-state index < -0.39 is 6.04 Å². The Morgan fingerprint density at radius 1 is 1.05 bits per heavy atom. The van der Waals surface area contributed by atoms with E-state index >= 15 is 0 Å². The van der Waals surface area contributed by atoms with Crippen molar-refractivity contribution in [3.05, 3.63) is 71.7 Å². The molecule has 0 saturated heterocycles. The molecule has 0 aliphatic rings. The molecule has 0 amide bonds. The zero-order valence-corrected chi connectivity index (χ0v) is 11.3. The number of para-hydroxylation sites is 1. The number of nitrogens with two attached hydrogens (primary N) is 2. The number of hydrazine groups is 1. The summed E-state index contributed by atoms with van der Waals surface area (Å²) in [7, 11) is 0. The maximum absolute atomic E-state index is 13.5. The third kappa shape index (κ3) is 2.44. The fraction of sp³-hybridized carbons (Fsp3) is 0.0625. The van der Waals surface area contributed by atoms with Crippen LogP contribution in [-0.4, -0.2) is 4.98 Å². The van der Waals surface area contributed by atoms with Gasteiger partial charge in [-0.1, -0.05) is 24.3 Å². The lowest BCUT2D eigenvalue weighted by molar-refractivity contribution is 0.607. The number of pyridine rings is 1. The van der Waals surface area contributed by atoms with Gasteiger partial charge in [-0.2, -0.15) is 0 Å². The van der Waals surface area contributed by atoms with Gasteiger partial charge in [-0.05, 0) is 24.3 Å². The van der Waals surface area contributed by atoms with Crippen LogP contribution in [0.15, 0.2) is 54.7 Å². The number of hydrogen-bond donors (Lipinski definition) is 3. The van der Waals surface area contributed by atoms with Crippen LogP contribution in [-0.2, 0) is 0 Å². The van der Waals surface area contributed by atoms with E-state index in [-0.39, 0.29) is 5.82 Å². The monoisotopic (exact) mass is 282 g/mol. The average molecular weight is 282 g/mol. The fourth-order valence-electron chi connectivity index (χ4n) is 2.50. The van der Waals surface area contributed by atoms with Gasteiger partial charge in [0.1, 0.15) is 5.82 Å². The van der Waals surface area contributed by atoms with Crippen LogP contribution in [0.25, 0.3) is 10.9 Å². The molecule has 1 unspecified atom stereocenters. The van der Waals surface area contributed by atoms with Crippen molar-refractivity contribution in [2.45, 2.75) is 6.04 Å². The fourth-order valence-corrected chi connectivity index (χ4v) is 2.50. The molecule has 5 heteroatoms. The first-order chi connectivity index (χ1) is 10.2. The Bertz CT molecular complexity index is 783. The molecule has 0 aliphatic carbocycles. The molecule has 0 bridgehead atoms. The maximum Gasteiger partial charge on any atom is 0.123 e. The molecule has 21 heavy (non-hydrogen) atoms. The minimum Gasteiger partial charge on any atom is -0.398 e. The number of nitrogen functional groups attached to an aromatic ring is 1. The third-order valence-electron chi connectivity index (χ3n) is 3.50. The first-order valence-corrected chi connectivity index (χ1v) is 6.55. The summed E-state index contributed by atoms with van der Waals surface area (Å²) in [5, 5.41) is 0.991. The van der Waals surface area contributed by atoms with Crippen LogP contribution in [0.5, 0.6) is 0 Å². The van der Waals surface area contributed by atoms with Crippen molar-refractivity contribution >= 4 is 16.6 Å². The van der Waals surface area contributed by atoms with Crippen LogP contribution in [0.1, 0.15) is 17.2 Å². The Morgan fingerprint density at radius 2 is 1.86 bits per heavy atom. The quantitative estimate of drug-likeness (QED) is 0.392. The smallest absolute Gasteiger partial charge is 0.123 e. The van der Waals surface area contributed by atoms with Crippen LogP contribution >= 0.6 is 0 Å². The van der Waals surface area contributed by atoms with Gasteiger partial charge in [0.25, 0.3) is 0 Å². The molecule has 0 radical (unpaired) electrons. The lowest BCUT2D eigenvalue weighted by Crippen LogP contribution is -2.29. The summed E-state index contributed by atoms with van der Waals surface area (Å²) in [6.07, 6.45) is 1.72. The predicted octanol–water partition coefficient (Wildman–Crippen LogP) is 2.51. The van der Waals surface area contributed by atoms with Crippen LogP contribution < -0.4 is 17.0 Å². The second-order valence-electron chi connectivity index (χ2n) is 4.80. The highest BCUT2D eigenvalue weighted by molar-refractivity contribution is 5.82. The van der Waals surface area contributed by atoms with Crippen molar-refractivity contribution < 1.29 is 4.39 Å². The van der Waals surface area contributed by atoms with E-state index in [1.807, 2.05) is 30.3 Å². The molecule has 0 saturated carbocycles. The maximum atomic E-state index is 13.5. The third-order valence-corrected chi connectivity index (χ3v) is 3.50. The van der Waals surface area contributed by atoms with Crippen LogP contribution in [0.3, 0.4) is 0 Å². The molecule has 1 aromatic heterocycles. The van der Waals surface area contributed by atoms with E-state index in [1.54, 1.807) is 6.20 Å². The van der Waals surface area contributed by atoms with Crippen molar-refractivity contribution in [1.29, 1.82) is 0 Å². The first kappa shape index (κ1) is 13.5. The molecule has 1 heterocycles. The van der Waals surface area contributed by atoms with E-state index in [0.717, 1.165) is 16.5 Å². The highest BCUT2D eigenvalue weighted by Crippen LogP contribution is 2.30. The Hall–Kier alpha value is -2.50. The van der Waals surface area contributed by atoms with Crippen LogP contribution in [0, 0.1) is 5.82 Å². The summed E-state index contributed by atoms with van der Waals surface area (Å²) in [6.45, 7) is 0. The molecule has 1 atom stereocenters. The van der Waals surface area contributed by atoms with Crippen molar-refractivity contribution in [1.82, 2.24) is 10.4 Å². The number of rotatable bonds is 3. The van der Waals surface area contributed by atoms with Gasteiger partial charge >= 0.3 is 0 Å². The van der Waals surface area contributed by atoms with Crippen molar-refractivity contribution in [3.8, 4) is 0 Å². The second-order valence-corrected chi connectivity index (χ2v) is 4.80. The van der Waals surface area contributed by atoms with Gasteiger partial charge in [0.2, 0.25) is 0 Å². The highest BCUT2D eigenvalue weighted by atomic mass is 19.1. The van der Waals surface area contributed by atoms with Crippen molar-refractivity contribution in [2.75, 3.05) is 5.73 Å². The molecule has 106 valence electrons. The van der Waals surface area contributed by atoms with Gasteiger partial charge in [0, 0.05) is 28.4 Å². The normalized spacial score (nSPS) is 12.5. The van der Waals surface area contributed by atoms with Crippen molar-refractivity contribution in [3.63, 3.8) is 0 Å². The second kappa shape index (κ2) is 5.47.